The molecule has 0 bridgehead atoms. The molecule has 0 heterocycles. The lowest BCUT2D eigenvalue weighted by molar-refractivity contribution is 0.313. The summed E-state index contributed by atoms with van der Waals surface area (Å²) in [5.41, 5.74) is 0. The molecule has 0 aliphatic carbocycles. The maximum atomic E-state index is 2.46. The van der Waals surface area contributed by atoms with Gasteiger partial charge in [0.15, 0.2) is 0 Å². The van der Waals surface area contributed by atoms with E-state index in [1.165, 1.54) is 25.9 Å². The number of hydrogen-bond donors (Lipinski definition) is 0. The second-order valence-corrected chi connectivity index (χ2v) is 2.82. The lowest BCUT2D eigenvalue weighted by atomic mass is 10.3. The van der Waals surface area contributed by atoms with Crippen LogP contribution in [0.1, 0.15) is 33.6 Å². The Kier molecular flexibility index (Phi) is 7.59. The lowest BCUT2D eigenvalue weighted by Crippen LogP contribution is -2.24. The van der Waals surface area contributed by atoms with Gasteiger partial charge in [0.05, 0.1) is 0 Å². The minimum absolute atomic E-state index is 1.12. The average molecular weight is 155 g/mol. The first-order valence-electron chi connectivity index (χ1n) is 4.68. The minimum atomic E-state index is 1.12. The molecular formula is C10H21N. The molecule has 0 saturated heterocycles. The van der Waals surface area contributed by atoms with Crippen LogP contribution in [0.5, 0.6) is 0 Å². The molecule has 66 valence electrons. The van der Waals surface area contributed by atoms with Crippen molar-refractivity contribution in [2.75, 3.05) is 19.6 Å². The Morgan fingerprint density at radius 1 is 1.27 bits per heavy atom. The minimum Gasteiger partial charge on any atom is -0.300 e. The van der Waals surface area contributed by atoms with Gasteiger partial charge in [-0.3, -0.25) is 4.90 Å². The first-order chi connectivity index (χ1) is 5.35. The number of likely N-dealkylation sites (N-methyl/N-ethyl adjacent to an activating group) is 1. The molecule has 0 fully saturated rings. The third-order valence-electron chi connectivity index (χ3n) is 1.87. The number of unbranched alkanes of at least 4 members (excludes halogenated alkanes) is 1. The number of allylic oxidation sites excluding steroid dienone is 1. The topological polar surface area (TPSA) is 3.24 Å². The van der Waals surface area contributed by atoms with Crippen LogP contribution in [0.25, 0.3) is 0 Å². The standard InChI is InChI=1S/C10H21N/c1-4-7-9-11(6-3)10-8-5-2/h4,7H,5-6,8-10H2,1-3H3/b7-4-. The second kappa shape index (κ2) is 7.80. The molecule has 0 unspecified atom stereocenters. The molecule has 0 aromatic rings. The van der Waals surface area contributed by atoms with Crippen LogP contribution in [-0.2, 0) is 0 Å². The third-order valence-corrected chi connectivity index (χ3v) is 1.87. The summed E-state index contributed by atoms with van der Waals surface area (Å²) in [6.07, 6.45) is 6.96. The van der Waals surface area contributed by atoms with E-state index in [2.05, 4.69) is 37.8 Å². The molecular weight excluding hydrogens is 134 g/mol. The molecule has 1 heteroatoms. The van der Waals surface area contributed by atoms with Gasteiger partial charge < -0.3 is 0 Å². The van der Waals surface area contributed by atoms with E-state index < -0.39 is 0 Å². The Morgan fingerprint density at radius 2 is 2.00 bits per heavy atom. The van der Waals surface area contributed by atoms with E-state index in [1.54, 1.807) is 0 Å². The quantitative estimate of drug-likeness (QED) is 0.533. The van der Waals surface area contributed by atoms with Gasteiger partial charge in [-0.05, 0) is 26.4 Å². The molecule has 0 radical (unpaired) electrons. The van der Waals surface area contributed by atoms with E-state index in [-0.39, 0.29) is 0 Å². The number of rotatable bonds is 6. The molecule has 0 aliphatic heterocycles. The van der Waals surface area contributed by atoms with Gasteiger partial charge in [-0.15, -0.1) is 0 Å². The molecule has 0 saturated carbocycles. The fraction of sp³-hybridized carbons (Fsp3) is 0.800. The van der Waals surface area contributed by atoms with Crippen molar-refractivity contribution in [1.82, 2.24) is 4.90 Å². The van der Waals surface area contributed by atoms with Crippen molar-refractivity contribution in [3.63, 3.8) is 0 Å². The molecule has 0 aromatic carbocycles. The highest BCUT2D eigenvalue weighted by molar-refractivity contribution is 4.80. The van der Waals surface area contributed by atoms with Crippen molar-refractivity contribution < 1.29 is 0 Å². The van der Waals surface area contributed by atoms with Gasteiger partial charge in [-0.2, -0.15) is 0 Å². The summed E-state index contributed by atoms with van der Waals surface area (Å²) in [5, 5.41) is 0. The Balaban J connectivity index is 3.40. The van der Waals surface area contributed by atoms with E-state index in [1.807, 2.05) is 0 Å². The van der Waals surface area contributed by atoms with Gasteiger partial charge in [0.2, 0.25) is 0 Å². The molecule has 0 spiro atoms. The normalized spacial score (nSPS) is 11.6. The molecule has 0 N–H and O–H groups in total. The predicted octanol–water partition coefficient (Wildman–Crippen LogP) is 2.68. The first-order valence-corrected chi connectivity index (χ1v) is 4.68. The largest absolute Gasteiger partial charge is 0.300 e. The molecule has 11 heavy (non-hydrogen) atoms. The maximum absolute atomic E-state index is 2.46. The Morgan fingerprint density at radius 3 is 2.45 bits per heavy atom. The van der Waals surface area contributed by atoms with E-state index in [0.29, 0.717) is 0 Å². The van der Waals surface area contributed by atoms with Crippen LogP contribution in [0.15, 0.2) is 12.2 Å². The van der Waals surface area contributed by atoms with Crippen LogP contribution < -0.4 is 0 Å². The Bertz CT molecular complexity index is 97.0. The highest BCUT2D eigenvalue weighted by atomic mass is 15.1. The fourth-order valence-electron chi connectivity index (χ4n) is 1.01. The lowest BCUT2D eigenvalue weighted by Gasteiger charge is -2.17. The smallest absolute Gasteiger partial charge is 0.0162 e. The second-order valence-electron chi connectivity index (χ2n) is 2.82. The monoisotopic (exact) mass is 155 g/mol. The molecule has 0 aromatic heterocycles. The predicted molar refractivity (Wildman–Crippen MR) is 51.8 cm³/mol. The van der Waals surface area contributed by atoms with Crippen LogP contribution in [0, 0.1) is 0 Å². The zero-order chi connectivity index (χ0) is 8.53. The van der Waals surface area contributed by atoms with Crippen molar-refractivity contribution in [3.8, 4) is 0 Å². The van der Waals surface area contributed by atoms with Gasteiger partial charge in [-0.25, -0.2) is 0 Å². The first kappa shape index (κ1) is 10.7. The summed E-state index contributed by atoms with van der Waals surface area (Å²) in [5.74, 6) is 0. The molecule has 0 atom stereocenters. The summed E-state index contributed by atoms with van der Waals surface area (Å²) in [6, 6.07) is 0. The van der Waals surface area contributed by atoms with E-state index in [4.69, 9.17) is 0 Å². The number of hydrogen-bond acceptors (Lipinski definition) is 1. The number of nitrogens with zero attached hydrogens (tertiary/aromatic N) is 1. The van der Waals surface area contributed by atoms with E-state index >= 15 is 0 Å². The zero-order valence-electron chi connectivity index (χ0n) is 8.14. The molecule has 0 rings (SSSR count). The molecule has 0 aliphatic rings. The Hall–Kier alpha value is -0.300. The average Bonchev–Trinajstić information content (AvgIpc) is 2.05. The fourth-order valence-corrected chi connectivity index (χ4v) is 1.01. The summed E-state index contributed by atoms with van der Waals surface area (Å²) < 4.78 is 0. The van der Waals surface area contributed by atoms with Crippen molar-refractivity contribution in [2.24, 2.45) is 0 Å². The van der Waals surface area contributed by atoms with Crippen molar-refractivity contribution in [3.05, 3.63) is 12.2 Å². The summed E-state index contributed by atoms with van der Waals surface area (Å²) in [7, 11) is 0. The van der Waals surface area contributed by atoms with Crippen LogP contribution >= 0.6 is 0 Å². The van der Waals surface area contributed by atoms with Gasteiger partial charge >= 0.3 is 0 Å². The summed E-state index contributed by atoms with van der Waals surface area (Å²) >= 11 is 0. The van der Waals surface area contributed by atoms with Crippen molar-refractivity contribution in [1.29, 1.82) is 0 Å². The molecule has 1 nitrogen and oxygen atoms in total. The zero-order valence-corrected chi connectivity index (χ0v) is 8.14. The third kappa shape index (κ3) is 6.11. The van der Waals surface area contributed by atoms with Crippen LogP contribution in [0.3, 0.4) is 0 Å². The van der Waals surface area contributed by atoms with Gasteiger partial charge in [-0.1, -0.05) is 32.4 Å². The van der Waals surface area contributed by atoms with E-state index in [0.717, 1.165) is 6.54 Å². The highest BCUT2D eigenvalue weighted by Gasteiger charge is 1.96. The summed E-state index contributed by atoms with van der Waals surface area (Å²) in [4.78, 5) is 2.46. The van der Waals surface area contributed by atoms with E-state index in [9.17, 15) is 0 Å². The Labute approximate surface area is 71.1 Å². The van der Waals surface area contributed by atoms with Crippen LogP contribution in [0.4, 0.5) is 0 Å². The van der Waals surface area contributed by atoms with Crippen LogP contribution in [-0.4, -0.2) is 24.5 Å². The highest BCUT2D eigenvalue weighted by Crippen LogP contribution is 1.94. The maximum Gasteiger partial charge on any atom is 0.0162 e. The van der Waals surface area contributed by atoms with Gasteiger partial charge in [0.1, 0.15) is 0 Å². The van der Waals surface area contributed by atoms with Gasteiger partial charge in [0.25, 0.3) is 0 Å². The van der Waals surface area contributed by atoms with Crippen molar-refractivity contribution >= 4 is 0 Å². The van der Waals surface area contributed by atoms with Crippen molar-refractivity contribution in [2.45, 2.75) is 33.6 Å². The summed E-state index contributed by atoms with van der Waals surface area (Å²) in [6.45, 7) is 10.1. The SMILES string of the molecule is C/C=C\CN(CC)CCCC. The van der Waals surface area contributed by atoms with Crippen LogP contribution in [0.2, 0.25) is 0 Å². The van der Waals surface area contributed by atoms with Gasteiger partial charge in [0, 0.05) is 6.54 Å². The molecule has 0 amide bonds.